The van der Waals surface area contributed by atoms with Crippen molar-refractivity contribution in [3.63, 3.8) is 0 Å². The van der Waals surface area contributed by atoms with Crippen LogP contribution in [0.25, 0.3) is 0 Å². The maximum absolute atomic E-state index is 5.52. The second-order valence-electron chi connectivity index (χ2n) is 3.52. The monoisotopic (exact) mass is 182 g/mol. The van der Waals surface area contributed by atoms with Crippen LogP contribution in [0.5, 0.6) is 0 Å². The first kappa shape index (κ1) is 10.1. The normalized spacial score (nSPS) is 12.9. The fraction of sp³-hybridized carbons (Fsp3) is 0.667. The van der Waals surface area contributed by atoms with E-state index in [1.807, 2.05) is 24.7 Å². The molecule has 0 aliphatic carbocycles. The predicted molar refractivity (Wildman–Crippen MR) is 54.7 cm³/mol. The number of aromatic nitrogens is 2. The predicted octanol–water partition coefficient (Wildman–Crippen LogP) is 0.735. The van der Waals surface area contributed by atoms with Gasteiger partial charge in [-0.05, 0) is 19.4 Å². The highest BCUT2D eigenvalue weighted by atomic mass is 15.3. The average Bonchev–Trinajstić information content (AvgIpc) is 2.41. The van der Waals surface area contributed by atoms with E-state index in [2.05, 4.69) is 17.3 Å². The first-order valence-corrected chi connectivity index (χ1v) is 4.58. The summed E-state index contributed by atoms with van der Waals surface area (Å²) in [6.07, 6.45) is 0. The Kier molecular flexibility index (Phi) is 3.31. The maximum Gasteiger partial charge on any atom is 0.124 e. The molecule has 1 atom stereocenters. The van der Waals surface area contributed by atoms with Crippen LogP contribution in [0.1, 0.15) is 12.6 Å². The highest BCUT2D eigenvalue weighted by molar-refractivity contribution is 5.36. The van der Waals surface area contributed by atoms with Gasteiger partial charge >= 0.3 is 0 Å². The van der Waals surface area contributed by atoms with Gasteiger partial charge < -0.3 is 11.1 Å². The Hall–Kier alpha value is -1.03. The lowest BCUT2D eigenvalue weighted by Gasteiger charge is -2.10. The van der Waals surface area contributed by atoms with Crippen LogP contribution < -0.4 is 11.1 Å². The van der Waals surface area contributed by atoms with Crippen molar-refractivity contribution < 1.29 is 0 Å². The molecule has 0 bridgehead atoms. The summed E-state index contributed by atoms with van der Waals surface area (Å²) in [5, 5.41) is 7.54. The second kappa shape index (κ2) is 4.28. The van der Waals surface area contributed by atoms with Gasteiger partial charge in [-0.2, -0.15) is 5.10 Å². The minimum atomic E-state index is 0.496. The van der Waals surface area contributed by atoms with Crippen LogP contribution in [0.2, 0.25) is 0 Å². The number of aryl methyl sites for hydroxylation is 2. The third-order valence-corrected chi connectivity index (χ3v) is 2.04. The molecule has 0 aliphatic rings. The number of nitrogens with zero attached hydrogens (tertiary/aromatic N) is 2. The van der Waals surface area contributed by atoms with Crippen LogP contribution in [0, 0.1) is 12.8 Å². The Balaban J connectivity index is 2.49. The van der Waals surface area contributed by atoms with Crippen molar-refractivity contribution in [2.75, 3.05) is 18.4 Å². The molecule has 1 aromatic heterocycles. The number of nitrogens with one attached hydrogen (secondary N) is 1. The van der Waals surface area contributed by atoms with Crippen LogP contribution in [0.3, 0.4) is 0 Å². The summed E-state index contributed by atoms with van der Waals surface area (Å²) in [4.78, 5) is 0. The van der Waals surface area contributed by atoms with Gasteiger partial charge in [-0.15, -0.1) is 0 Å². The van der Waals surface area contributed by atoms with Gasteiger partial charge in [-0.3, -0.25) is 4.68 Å². The third kappa shape index (κ3) is 2.73. The number of hydrogen-bond acceptors (Lipinski definition) is 3. The highest BCUT2D eigenvalue weighted by Crippen LogP contribution is 2.08. The van der Waals surface area contributed by atoms with E-state index >= 15 is 0 Å². The minimum Gasteiger partial charge on any atom is -0.370 e. The van der Waals surface area contributed by atoms with Gasteiger partial charge in [0.25, 0.3) is 0 Å². The quantitative estimate of drug-likeness (QED) is 0.722. The van der Waals surface area contributed by atoms with Crippen molar-refractivity contribution in [2.45, 2.75) is 13.8 Å². The fourth-order valence-electron chi connectivity index (χ4n) is 1.14. The van der Waals surface area contributed by atoms with Gasteiger partial charge in [0.05, 0.1) is 5.69 Å². The standard InChI is InChI=1S/C9H18N4/c1-7(5-10)6-11-9-4-8(2)12-13(9)3/h4,7,11H,5-6,10H2,1-3H3. The molecular formula is C9H18N4. The number of nitrogens with two attached hydrogens (primary N) is 1. The Morgan fingerprint density at radius 3 is 2.85 bits per heavy atom. The van der Waals surface area contributed by atoms with Gasteiger partial charge in [-0.1, -0.05) is 6.92 Å². The van der Waals surface area contributed by atoms with Crippen molar-refractivity contribution in [3.05, 3.63) is 11.8 Å². The summed E-state index contributed by atoms with van der Waals surface area (Å²) in [5.41, 5.74) is 6.55. The van der Waals surface area contributed by atoms with Gasteiger partial charge in [0.2, 0.25) is 0 Å². The molecule has 1 unspecified atom stereocenters. The lowest BCUT2D eigenvalue weighted by atomic mass is 10.2. The zero-order valence-corrected chi connectivity index (χ0v) is 8.54. The summed E-state index contributed by atoms with van der Waals surface area (Å²) in [6.45, 7) is 5.72. The Bertz CT molecular complexity index is 267. The molecule has 1 rings (SSSR count). The molecule has 0 aliphatic heterocycles. The fourth-order valence-corrected chi connectivity index (χ4v) is 1.14. The van der Waals surface area contributed by atoms with Crippen LogP contribution in [-0.2, 0) is 7.05 Å². The summed E-state index contributed by atoms with van der Waals surface area (Å²) >= 11 is 0. The number of hydrogen-bond donors (Lipinski definition) is 2. The lowest BCUT2D eigenvalue weighted by Crippen LogP contribution is -2.20. The Morgan fingerprint density at radius 2 is 2.38 bits per heavy atom. The summed E-state index contributed by atoms with van der Waals surface area (Å²) < 4.78 is 1.85. The summed E-state index contributed by atoms with van der Waals surface area (Å²) in [5.74, 6) is 1.55. The molecule has 74 valence electrons. The lowest BCUT2D eigenvalue weighted by molar-refractivity contribution is 0.622. The first-order valence-electron chi connectivity index (χ1n) is 4.58. The van der Waals surface area contributed by atoms with Crippen molar-refractivity contribution in [1.82, 2.24) is 9.78 Å². The van der Waals surface area contributed by atoms with E-state index in [-0.39, 0.29) is 0 Å². The van der Waals surface area contributed by atoms with Gasteiger partial charge in [0, 0.05) is 19.7 Å². The SMILES string of the molecule is Cc1cc(NCC(C)CN)n(C)n1. The molecule has 0 amide bonds. The molecule has 4 heteroatoms. The molecule has 0 aromatic carbocycles. The zero-order valence-electron chi connectivity index (χ0n) is 8.54. The highest BCUT2D eigenvalue weighted by Gasteiger charge is 2.02. The molecule has 13 heavy (non-hydrogen) atoms. The average molecular weight is 182 g/mol. The smallest absolute Gasteiger partial charge is 0.124 e. The van der Waals surface area contributed by atoms with E-state index in [1.165, 1.54) is 0 Å². The molecule has 1 heterocycles. The topological polar surface area (TPSA) is 55.9 Å². The van der Waals surface area contributed by atoms with E-state index < -0.39 is 0 Å². The molecule has 0 spiro atoms. The summed E-state index contributed by atoms with van der Waals surface area (Å²) in [7, 11) is 1.93. The minimum absolute atomic E-state index is 0.496. The Morgan fingerprint density at radius 1 is 1.69 bits per heavy atom. The molecule has 0 saturated carbocycles. The molecule has 0 radical (unpaired) electrons. The maximum atomic E-state index is 5.52. The number of anilines is 1. The van der Waals surface area contributed by atoms with Crippen LogP contribution in [-0.4, -0.2) is 22.9 Å². The first-order chi connectivity index (χ1) is 6.13. The van der Waals surface area contributed by atoms with Crippen molar-refractivity contribution in [3.8, 4) is 0 Å². The summed E-state index contributed by atoms with van der Waals surface area (Å²) in [6, 6.07) is 2.03. The number of rotatable bonds is 4. The second-order valence-corrected chi connectivity index (χ2v) is 3.52. The molecule has 0 fully saturated rings. The van der Waals surface area contributed by atoms with E-state index in [0.717, 1.165) is 18.1 Å². The van der Waals surface area contributed by atoms with Crippen molar-refractivity contribution in [2.24, 2.45) is 18.7 Å². The van der Waals surface area contributed by atoms with Crippen LogP contribution in [0.15, 0.2) is 6.07 Å². The van der Waals surface area contributed by atoms with E-state index in [9.17, 15) is 0 Å². The largest absolute Gasteiger partial charge is 0.370 e. The van der Waals surface area contributed by atoms with E-state index in [4.69, 9.17) is 5.73 Å². The van der Waals surface area contributed by atoms with Gasteiger partial charge in [0.15, 0.2) is 0 Å². The Labute approximate surface area is 79.1 Å². The molecule has 3 N–H and O–H groups in total. The third-order valence-electron chi connectivity index (χ3n) is 2.04. The zero-order chi connectivity index (χ0) is 9.84. The van der Waals surface area contributed by atoms with Crippen LogP contribution in [0.4, 0.5) is 5.82 Å². The van der Waals surface area contributed by atoms with Crippen molar-refractivity contribution in [1.29, 1.82) is 0 Å². The van der Waals surface area contributed by atoms with Gasteiger partial charge in [-0.25, -0.2) is 0 Å². The van der Waals surface area contributed by atoms with Gasteiger partial charge in [0.1, 0.15) is 5.82 Å². The molecular weight excluding hydrogens is 164 g/mol. The van der Waals surface area contributed by atoms with Crippen LogP contribution >= 0.6 is 0 Å². The molecule has 4 nitrogen and oxygen atoms in total. The van der Waals surface area contributed by atoms with E-state index in [1.54, 1.807) is 0 Å². The molecule has 1 aromatic rings. The van der Waals surface area contributed by atoms with Crippen molar-refractivity contribution >= 4 is 5.82 Å². The molecule has 0 saturated heterocycles. The van der Waals surface area contributed by atoms with E-state index in [0.29, 0.717) is 12.5 Å².